The van der Waals surface area contributed by atoms with E-state index in [4.69, 9.17) is 10.9 Å². The number of carbonyl (C=O) groups excluding carboxylic acids is 1. The van der Waals surface area contributed by atoms with E-state index in [0.717, 1.165) is 6.29 Å². The number of nitrogens with two attached hydrogens (primary N) is 1. The van der Waals surface area contributed by atoms with Crippen molar-refractivity contribution in [3.05, 3.63) is 0 Å². The van der Waals surface area contributed by atoms with Crippen LogP contribution in [-0.2, 0) is 4.79 Å². The zero-order chi connectivity index (χ0) is 7.82. The highest BCUT2D eigenvalue weighted by Crippen LogP contribution is 1.96. The van der Waals surface area contributed by atoms with Crippen LogP contribution in [0, 0.1) is 0 Å². The van der Waals surface area contributed by atoms with Gasteiger partial charge in [-0.1, -0.05) is 0 Å². The molecule has 10 heavy (non-hydrogen) atoms. The summed E-state index contributed by atoms with van der Waals surface area (Å²) in [5.41, 5.74) is 0. The topological polar surface area (TPSA) is 75.7 Å². The van der Waals surface area contributed by atoms with Crippen molar-refractivity contribution in [2.24, 2.45) is 10.9 Å². The minimum absolute atomic E-state index is 0.482. The van der Waals surface area contributed by atoms with Gasteiger partial charge in [0.15, 0.2) is 0 Å². The van der Waals surface area contributed by atoms with Crippen molar-refractivity contribution in [2.45, 2.75) is 25.4 Å². The fourth-order valence-corrected chi connectivity index (χ4v) is 0.584. The average Bonchev–Trinajstić information content (AvgIpc) is 1.89. The fourth-order valence-electron chi connectivity index (χ4n) is 0.584. The first kappa shape index (κ1) is 9.10. The quantitative estimate of drug-likeness (QED) is 0.182. The monoisotopic (exact) mass is 144 g/mol. The number of hydrazone groups is 1. The van der Waals surface area contributed by atoms with Gasteiger partial charge in [0.25, 0.3) is 0 Å². The Kier molecular flexibility index (Phi) is 5.66. The highest BCUT2D eigenvalue weighted by atomic mass is 16.3. The predicted molar refractivity (Wildman–Crippen MR) is 38.6 cm³/mol. The Balaban J connectivity index is 3.20. The molecule has 0 aromatic carbocycles. The van der Waals surface area contributed by atoms with Crippen molar-refractivity contribution in [3.63, 3.8) is 0 Å². The molecule has 0 heterocycles. The van der Waals surface area contributed by atoms with Gasteiger partial charge in [-0.05, 0) is 12.8 Å². The summed E-state index contributed by atoms with van der Waals surface area (Å²) in [4.78, 5) is 9.80. The molecule has 0 aromatic heterocycles. The SMILES string of the molecule is NN=CC(O)CCCC=O. The van der Waals surface area contributed by atoms with E-state index < -0.39 is 6.10 Å². The molecule has 1 atom stereocenters. The molecule has 0 aliphatic carbocycles. The van der Waals surface area contributed by atoms with Crippen LogP contribution >= 0.6 is 0 Å². The second-order valence-electron chi connectivity index (χ2n) is 1.96. The maximum absolute atomic E-state index is 9.80. The third kappa shape index (κ3) is 5.24. The minimum atomic E-state index is -0.607. The third-order valence-electron chi connectivity index (χ3n) is 1.08. The summed E-state index contributed by atoms with van der Waals surface area (Å²) < 4.78 is 0. The number of nitrogens with zero attached hydrogens (tertiary/aromatic N) is 1. The van der Waals surface area contributed by atoms with Gasteiger partial charge in [0.05, 0.1) is 12.3 Å². The Morgan fingerprint density at radius 1 is 1.70 bits per heavy atom. The Morgan fingerprint density at radius 3 is 2.90 bits per heavy atom. The van der Waals surface area contributed by atoms with E-state index >= 15 is 0 Å². The van der Waals surface area contributed by atoms with Gasteiger partial charge in [-0.25, -0.2) is 0 Å². The number of unbranched alkanes of at least 4 members (excludes halogenated alkanes) is 1. The van der Waals surface area contributed by atoms with Crippen LogP contribution in [0.5, 0.6) is 0 Å². The number of hydrogen-bond acceptors (Lipinski definition) is 4. The largest absolute Gasteiger partial charge is 0.387 e. The van der Waals surface area contributed by atoms with E-state index in [1.54, 1.807) is 0 Å². The molecule has 0 aliphatic rings. The van der Waals surface area contributed by atoms with Crippen molar-refractivity contribution in [3.8, 4) is 0 Å². The predicted octanol–water partition coefficient (Wildman–Crippen LogP) is -0.339. The molecule has 4 heteroatoms. The van der Waals surface area contributed by atoms with Crippen LogP contribution in [0.15, 0.2) is 5.10 Å². The van der Waals surface area contributed by atoms with Gasteiger partial charge >= 0.3 is 0 Å². The lowest BCUT2D eigenvalue weighted by molar-refractivity contribution is -0.107. The van der Waals surface area contributed by atoms with E-state index in [1.165, 1.54) is 6.21 Å². The van der Waals surface area contributed by atoms with E-state index in [1.807, 2.05) is 0 Å². The Morgan fingerprint density at radius 2 is 2.40 bits per heavy atom. The lowest BCUT2D eigenvalue weighted by Gasteiger charge is -1.99. The highest BCUT2D eigenvalue weighted by molar-refractivity contribution is 5.62. The van der Waals surface area contributed by atoms with Gasteiger partial charge in [-0.2, -0.15) is 5.10 Å². The number of aliphatic hydroxyl groups is 1. The zero-order valence-corrected chi connectivity index (χ0v) is 5.73. The number of rotatable bonds is 5. The molecule has 0 bridgehead atoms. The van der Waals surface area contributed by atoms with Crippen LogP contribution < -0.4 is 5.84 Å². The van der Waals surface area contributed by atoms with Crippen molar-refractivity contribution in [1.82, 2.24) is 0 Å². The number of aliphatic hydroxyl groups excluding tert-OH is 1. The maximum Gasteiger partial charge on any atom is 0.119 e. The fraction of sp³-hybridized carbons (Fsp3) is 0.667. The first-order chi connectivity index (χ1) is 4.81. The van der Waals surface area contributed by atoms with Crippen molar-refractivity contribution in [2.75, 3.05) is 0 Å². The molecule has 0 radical (unpaired) electrons. The van der Waals surface area contributed by atoms with Crippen LogP contribution in [-0.4, -0.2) is 23.7 Å². The van der Waals surface area contributed by atoms with Gasteiger partial charge in [-0.3, -0.25) is 0 Å². The standard InChI is InChI=1S/C6H12N2O2/c7-8-5-6(10)3-1-2-4-9/h4-6,10H,1-3,7H2. The molecule has 0 aliphatic heterocycles. The van der Waals surface area contributed by atoms with Gasteiger partial charge in [0.2, 0.25) is 0 Å². The van der Waals surface area contributed by atoms with Crippen LogP contribution in [0.25, 0.3) is 0 Å². The maximum atomic E-state index is 9.80. The molecule has 4 nitrogen and oxygen atoms in total. The summed E-state index contributed by atoms with van der Waals surface area (Å²) in [6.07, 6.45) is 3.17. The van der Waals surface area contributed by atoms with Crippen molar-refractivity contribution < 1.29 is 9.90 Å². The number of hydrogen-bond donors (Lipinski definition) is 2. The molecule has 1 unspecified atom stereocenters. The minimum Gasteiger partial charge on any atom is -0.387 e. The zero-order valence-electron chi connectivity index (χ0n) is 5.73. The van der Waals surface area contributed by atoms with Crippen LogP contribution in [0.2, 0.25) is 0 Å². The summed E-state index contributed by atoms with van der Waals surface area (Å²) in [6, 6.07) is 0. The van der Waals surface area contributed by atoms with E-state index in [-0.39, 0.29) is 0 Å². The number of carbonyl (C=O) groups is 1. The highest BCUT2D eigenvalue weighted by Gasteiger charge is 1.97. The molecule has 58 valence electrons. The normalized spacial score (nSPS) is 13.7. The summed E-state index contributed by atoms with van der Waals surface area (Å²) in [5.74, 6) is 4.77. The molecule has 0 amide bonds. The van der Waals surface area contributed by atoms with E-state index in [9.17, 15) is 4.79 Å². The second-order valence-corrected chi connectivity index (χ2v) is 1.96. The van der Waals surface area contributed by atoms with Crippen molar-refractivity contribution >= 4 is 12.5 Å². The first-order valence-corrected chi connectivity index (χ1v) is 3.16. The Labute approximate surface area is 59.7 Å². The Hall–Kier alpha value is -0.900. The molecule has 0 rings (SSSR count). The molecule has 0 saturated heterocycles. The van der Waals surface area contributed by atoms with Gasteiger partial charge in [0.1, 0.15) is 6.29 Å². The van der Waals surface area contributed by atoms with Gasteiger partial charge in [-0.15, -0.1) is 0 Å². The molecule has 0 saturated carbocycles. The lowest BCUT2D eigenvalue weighted by Crippen LogP contribution is -2.08. The number of aldehydes is 1. The average molecular weight is 144 g/mol. The lowest BCUT2D eigenvalue weighted by atomic mass is 10.2. The molecule has 3 N–H and O–H groups in total. The smallest absolute Gasteiger partial charge is 0.119 e. The van der Waals surface area contributed by atoms with E-state index in [2.05, 4.69) is 5.10 Å². The molecule has 0 fully saturated rings. The molecular weight excluding hydrogens is 132 g/mol. The van der Waals surface area contributed by atoms with Crippen LogP contribution in [0.1, 0.15) is 19.3 Å². The van der Waals surface area contributed by atoms with Gasteiger partial charge < -0.3 is 15.7 Å². The second kappa shape index (κ2) is 6.22. The van der Waals surface area contributed by atoms with Crippen molar-refractivity contribution in [1.29, 1.82) is 0 Å². The summed E-state index contributed by atoms with van der Waals surface area (Å²) in [6.45, 7) is 0. The third-order valence-corrected chi connectivity index (χ3v) is 1.08. The van der Waals surface area contributed by atoms with Gasteiger partial charge in [0, 0.05) is 6.42 Å². The van der Waals surface area contributed by atoms with Crippen LogP contribution in [0.3, 0.4) is 0 Å². The summed E-state index contributed by atoms with van der Waals surface area (Å²) in [7, 11) is 0. The Bertz CT molecular complexity index is 114. The summed E-state index contributed by atoms with van der Waals surface area (Å²) >= 11 is 0. The first-order valence-electron chi connectivity index (χ1n) is 3.16. The van der Waals surface area contributed by atoms with E-state index in [0.29, 0.717) is 19.3 Å². The molecule has 0 spiro atoms. The summed E-state index contributed by atoms with van der Waals surface area (Å²) in [5, 5.41) is 12.1. The molecule has 0 aromatic rings. The van der Waals surface area contributed by atoms with Crippen LogP contribution in [0.4, 0.5) is 0 Å². The molecular formula is C6H12N2O2.